The summed E-state index contributed by atoms with van der Waals surface area (Å²) in [6.07, 6.45) is 0. The number of carbonyl (C=O) groups excluding carboxylic acids is 1. The van der Waals surface area contributed by atoms with Gasteiger partial charge >= 0.3 is 0 Å². The van der Waals surface area contributed by atoms with Crippen molar-refractivity contribution in [1.29, 1.82) is 0 Å². The number of carbonyl (C=O) groups is 1. The van der Waals surface area contributed by atoms with Crippen LogP contribution in [0.2, 0.25) is 0 Å². The number of hydrogen-bond donors (Lipinski definition) is 1. The van der Waals surface area contributed by atoms with Gasteiger partial charge in [-0.3, -0.25) is 9.63 Å². The van der Waals surface area contributed by atoms with Crippen LogP contribution in [0.3, 0.4) is 0 Å². The molecule has 0 spiro atoms. The Bertz CT molecular complexity index is 393. The lowest BCUT2D eigenvalue weighted by Gasteiger charge is -2.15. The largest absolute Gasteiger partial charge is 0.502 e. The van der Waals surface area contributed by atoms with Crippen LogP contribution < -0.4 is 9.47 Å². The third kappa shape index (κ3) is 2.59. The van der Waals surface area contributed by atoms with Crippen molar-refractivity contribution in [3.05, 3.63) is 17.7 Å². The van der Waals surface area contributed by atoms with E-state index >= 15 is 0 Å². The van der Waals surface area contributed by atoms with Crippen molar-refractivity contribution in [1.82, 2.24) is 5.06 Å². The Morgan fingerprint density at radius 1 is 1.18 bits per heavy atom. The first kappa shape index (κ1) is 13.1. The molecule has 0 aromatic heterocycles. The summed E-state index contributed by atoms with van der Waals surface area (Å²) in [5, 5.41) is 10.7. The fraction of sp³-hybridized carbons (Fsp3) is 0.364. The van der Waals surface area contributed by atoms with Crippen LogP contribution >= 0.6 is 0 Å². The molecular weight excluding hydrogens is 226 g/mol. The van der Waals surface area contributed by atoms with Crippen LogP contribution in [0.5, 0.6) is 17.2 Å². The van der Waals surface area contributed by atoms with Gasteiger partial charge in [0.1, 0.15) is 0 Å². The summed E-state index contributed by atoms with van der Waals surface area (Å²) < 4.78 is 9.90. The fourth-order valence-electron chi connectivity index (χ4n) is 1.28. The van der Waals surface area contributed by atoms with Gasteiger partial charge in [0.25, 0.3) is 5.91 Å². The summed E-state index contributed by atoms with van der Waals surface area (Å²) in [6, 6.07) is 2.82. The van der Waals surface area contributed by atoms with Crippen molar-refractivity contribution < 1.29 is 24.2 Å². The highest BCUT2D eigenvalue weighted by Crippen LogP contribution is 2.37. The van der Waals surface area contributed by atoms with Gasteiger partial charge in [-0.05, 0) is 12.1 Å². The first-order valence-electron chi connectivity index (χ1n) is 4.82. The average molecular weight is 241 g/mol. The maximum Gasteiger partial charge on any atom is 0.277 e. The lowest BCUT2D eigenvalue weighted by molar-refractivity contribution is -0.0757. The highest BCUT2D eigenvalue weighted by Gasteiger charge is 2.18. The summed E-state index contributed by atoms with van der Waals surface area (Å²) in [6.45, 7) is 0. The molecule has 0 bridgehead atoms. The van der Waals surface area contributed by atoms with Crippen molar-refractivity contribution in [2.75, 3.05) is 28.4 Å². The molecule has 1 aromatic carbocycles. The minimum absolute atomic E-state index is 0.147. The monoisotopic (exact) mass is 241 g/mol. The Labute approximate surface area is 99.3 Å². The van der Waals surface area contributed by atoms with Crippen LogP contribution in [-0.2, 0) is 4.84 Å². The third-order valence-corrected chi connectivity index (χ3v) is 2.29. The molecule has 0 aliphatic rings. The summed E-state index contributed by atoms with van der Waals surface area (Å²) >= 11 is 0. The zero-order valence-electron chi connectivity index (χ0n) is 10.2. The van der Waals surface area contributed by atoms with E-state index in [1.165, 1.54) is 40.5 Å². The van der Waals surface area contributed by atoms with Crippen LogP contribution in [0.4, 0.5) is 0 Å². The Morgan fingerprint density at radius 3 is 2.00 bits per heavy atom. The smallest absolute Gasteiger partial charge is 0.277 e. The number of benzene rings is 1. The van der Waals surface area contributed by atoms with E-state index in [1.807, 2.05) is 0 Å². The number of amides is 1. The number of hydroxylamine groups is 2. The zero-order chi connectivity index (χ0) is 13.0. The number of phenolic OH excluding ortho intramolecular Hbond substituents is 1. The molecule has 94 valence electrons. The minimum Gasteiger partial charge on any atom is -0.502 e. The topological polar surface area (TPSA) is 68.2 Å². The Hall–Kier alpha value is -1.95. The van der Waals surface area contributed by atoms with Crippen molar-refractivity contribution >= 4 is 5.91 Å². The van der Waals surface area contributed by atoms with Crippen LogP contribution in [0, 0.1) is 0 Å². The molecule has 6 heteroatoms. The van der Waals surface area contributed by atoms with Crippen LogP contribution in [-0.4, -0.2) is 44.5 Å². The van der Waals surface area contributed by atoms with E-state index < -0.39 is 0 Å². The van der Waals surface area contributed by atoms with E-state index in [0.29, 0.717) is 5.56 Å². The molecular formula is C11H15NO5. The number of phenols is 1. The van der Waals surface area contributed by atoms with E-state index in [1.54, 1.807) is 0 Å². The molecule has 1 rings (SSSR count). The minimum atomic E-state index is -0.371. The van der Waals surface area contributed by atoms with Crippen molar-refractivity contribution in [2.45, 2.75) is 0 Å². The quantitative estimate of drug-likeness (QED) is 0.798. The van der Waals surface area contributed by atoms with Gasteiger partial charge in [0.15, 0.2) is 11.5 Å². The second-order valence-electron chi connectivity index (χ2n) is 3.21. The molecule has 0 saturated heterocycles. The number of nitrogens with zero attached hydrogens (tertiary/aromatic N) is 1. The van der Waals surface area contributed by atoms with Gasteiger partial charge in [-0.2, -0.15) is 0 Å². The SMILES string of the molecule is COc1cc(C(=O)N(C)OC)cc(OC)c1O. The molecule has 17 heavy (non-hydrogen) atoms. The Morgan fingerprint density at radius 2 is 1.65 bits per heavy atom. The van der Waals surface area contributed by atoms with E-state index in [-0.39, 0.29) is 23.2 Å². The first-order valence-corrected chi connectivity index (χ1v) is 4.82. The highest BCUT2D eigenvalue weighted by atomic mass is 16.7. The maximum absolute atomic E-state index is 11.8. The van der Waals surface area contributed by atoms with Crippen molar-refractivity contribution in [3.8, 4) is 17.2 Å². The molecule has 1 amide bonds. The van der Waals surface area contributed by atoms with Crippen molar-refractivity contribution in [3.63, 3.8) is 0 Å². The molecule has 6 nitrogen and oxygen atoms in total. The number of rotatable bonds is 4. The highest BCUT2D eigenvalue weighted by molar-refractivity contribution is 5.94. The third-order valence-electron chi connectivity index (χ3n) is 2.29. The second kappa shape index (κ2) is 5.40. The normalized spacial score (nSPS) is 9.88. The number of ether oxygens (including phenoxy) is 2. The van der Waals surface area contributed by atoms with Gasteiger partial charge in [0.2, 0.25) is 5.75 Å². The van der Waals surface area contributed by atoms with Crippen LogP contribution in [0.1, 0.15) is 10.4 Å². The lowest BCUT2D eigenvalue weighted by Crippen LogP contribution is -2.25. The van der Waals surface area contributed by atoms with Gasteiger partial charge in [-0.25, -0.2) is 5.06 Å². The molecule has 0 aliphatic carbocycles. The average Bonchev–Trinajstić information content (AvgIpc) is 2.37. The molecule has 0 unspecified atom stereocenters. The van der Waals surface area contributed by atoms with Crippen LogP contribution in [0.15, 0.2) is 12.1 Å². The first-order chi connectivity index (χ1) is 8.04. The summed E-state index contributed by atoms with van der Waals surface area (Å²) in [7, 11) is 5.65. The summed E-state index contributed by atoms with van der Waals surface area (Å²) in [4.78, 5) is 16.6. The number of methoxy groups -OCH3 is 2. The second-order valence-corrected chi connectivity index (χ2v) is 3.21. The van der Waals surface area contributed by atoms with Crippen LogP contribution in [0.25, 0.3) is 0 Å². The van der Waals surface area contributed by atoms with Gasteiger partial charge in [-0.15, -0.1) is 0 Å². The van der Waals surface area contributed by atoms with Gasteiger partial charge < -0.3 is 14.6 Å². The molecule has 0 heterocycles. The standard InChI is InChI=1S/C11H15NO5/c1-12(17-4)11(14)7-5-8(15-2)10(13)9(6-7)16-3/h5-6,13H,1-4H3. The number of hydrogen-bond acceptors (Lipinski definition) is 5. The van der Waals surface area contributed by atoms with E-state index in [0.717, 1.165) is 5.06 Å². The summed E-state index contributed by atoms with van der Waals surface area (Å²) in [5.41, 5.74) is 0.292. The maximum atomic E-state index is 11.8. The molecule has 0 saturated carbocycles. The molecule has 0 atom stereocenters. The molecule has 1 aromatic rings. The Kier molecular flexibility index (Phi) is 4.17. The van der Waals surface area contributed by atoms with E-state index in [9.17, 15) is 9.90 Å². The predicted octanol–water partition coefficient (Wildman–Crippen LogP) is 1.04. The fourth-order valence-corrected chi connectivity index (χ4v) is 1.28. The molecule has 0 radical (unpaired) electrons. The van der Waals surface area contributed by atoms with Gasteiger partial charge in [0, 0.05) is 12.6 Å². The lowest BCUT2D eigenvalue weighted by atomic mass is 10.1. The summed E-state index contributed by atoms with van der Waals surface area (Å²) in [5.74, 6) is -0.190. The van der Waals surface area contributed by atoms with Crippen molar-refractivity contribution in [2.24, 2.45) is 0 Å². The predicted molar refractivity (Wildman–Crippen MR) is 60.3 cm³/mol. The van der Waals surface area contributed by atoms with E-state index in [4.69, 9.17) is 14.3 Å². The molecule has 0 aliphatic heterocycles. The van der Waals surface area contributed by atoms with Gasteiger partial charge in [0.05, 0.1) is 21.3 Å². The Balaban J connectivity index is 3.22. The molecule has 0 fully saturated rings. The number of aromatic hydroxyl groups is 1. The molecule has 1 N–H and O–H groups in total. The van der Waals surface area contributed by atoms with E-state index in [2.05, 4.69) is 0 Å². The zero-order valence-corrected chi connectivity index (χ0v) is 10.2. The van der Waals surface area contributed by atoms with Gasteiger partial charge in [-0.1, -0.05) is 0 Å².